The summed E-state index contributed by atoms with van der Waals surface area (Å²) in [5, 5.41) is 0. The number of rotatable bonds is 2. The van der Waals surface area contributed by atoms with E-state index >= 15 is 0 Å². The van der Waals surface area contributed by atoms with Crippen LogP contribution in [0.2, 0.25) is 0 Å². The molecule has 0 saturated carbocycles. The Morgan fingerprint density at radius 2 is 2.14 bits per heavy atom. The van der Waals surface area contributed by atoms with Gasteiger partial charge in [-0.3, -0.25) is 4.79 Å². The third-order valence-corrected chi connectivity index (χ3v) is 4.29. The molecule has 0 aromatic heterocycles. The Balaban J connectivity index is 1.97. The third kappa shape index (κ3) is 2.53. The fourth-order valence-corrected chi connectivity index (χ4v) is 3.32. The maximum Gasteiger partial charge on any atom is 0.338 e. The van der Waals surface area contributed by atoms with Crippen molar-refractivity contribution in [3.63, 3.8) is 0 Å². The minimum Gasteiger partial charge on any atom is -0.465 e. The molecule has 0 radical (unpaired) electrons. The quantitative estimate of drug-likeness (QED) is 0.781. The number of amides is 1. The smallest absolute Gasteiger partial charge is 0.338 e. The zero-order valence-electron chi connectivity index (χ0n) is 12.1. The fourth-order valence-electron chi connectivity index (χ4n) is 3.32. The molecule has 112 valence electrons. The second-order valence-electron chi connectivity index (χ2n) is 5.45. The third-order valence-electron chi connectivity index (χ3n) is 4.29. The molecule has 0 spiro atoms. The molecule has 1 aromatic carbocycles. The fraction of sp³-hybridized carbons (Fsp3) is 0.500. The van der Waals surface area contributed by atoms with E-state index in [0.29, 0.717) is 25.2 Å². The molecule has 2 aliphatic heterocycles. The summed E-state index contributed by atoms with van der Waals surface area (Å²) in [4.78, 5) is 26.2. The molecular weight excluding hydrogens is 270 g/mol. The van der Waals surface area contributed by atoms with Crippen molar-refractivity contribution >= 4 is 11.9 Å². The zero-order chi connectivity index (χ0) is 14.8. The Hall–Kier alpha value is -1.88. The van der Waals surface area contributed by atoms with Crippen molar-refractivity contribution in [3.05, 3.63) is 35.4 Å². The first-order chi connectivity index (χ1) is 10.2. The predicted molar refractivity (Wildman–Crippen MR) is 75.8 cm³/mol. The maximum atomic E-state index is 12.4. The van der Waals surface area contributed by atoms with E-state index in [-0.39, 0.29) is 24.0 Å². The van der Waals surface area contributed by atoms with Crippen LogP contribution in [0.25, 0.3) is 0 Å². The number of fused-ring (bicyclic) bond motifs is 1. The molecule has 21 heavy (non-hydrogen) atoms. The van der Waals surface area contributed by atoms with Gasteiger partial charge in [0.2, 0.25) is 5.91 Å². The van der Waals surface area contributed by atoms with Crippen LogP contribution >= 0.6 is 0 Å². The molecule has 0 aliphatic carbocycles. The van der Waals surface area contributed by atoms with E-state index in [4.69, 9.17) is 9.47 Å². The van der Waals surface area contributed by atoms with Crippen LogP contribution in [0, 0.1) is 0 Å². The number of ether oxygens (including phenoxy) is 2. The average Bonchev–Trinajstić information content (AvgIpc) is 2.86. The van der Waals surface area contributed by atoms with Gasteiger partial charge in [0.15, 0.2) is 0 Å². The van der Waals surface area contributed by atoms with Crippen molar-refractivity contribution in [2.45, 2.75) is 31.3 Å². The molecule has 1 aromatic rings. The molecule has 0 bridgehead atoms. The van der Waals surface area contributed by atoms with E-state index in [1.54, 1.807) is 6.07 Å². The number of methoxy groups -OCH3 is 1. The largest absolute Gasteiger partial charge is 0.465 e. The lowest BCUT2D eigenvalue weighted by molar-refractivity contribution is -0.133. The van der Waals surface area contributed by atoms with E-state index in [1.165, 1.54) is 7.11 Å². The Labute approximate surface area is 123 Å². The Morgan fingerprint density at radius 3 is 2.95 bits per heavy atom. The summed E-state index contributed by atoms with van der Waals surface area (Å²) in [6.45, 7) is 1.07. The van der Waals surface area contributed by atoms with Crippen LogP contribution in [0.5, 0.6) is 0 Å². The van der Waals surface area contributed by atoms with E-state index in [0.717, 1.165) is 18.4 Å². The van der Waals surface area contributed by atoms with Gasteiger partial charge in [-0.2, -0.15) is 0 Å². The summed E-state index contributed by atoms with van der Waals surface area (Å²) >= 11 is 0. The summed E-state index contributed by atoms with van der Waals surface area (Å²) in [7, 11) is 1.38. The Kier molecular flexibility index (Phi) is 3.92. The van der Waals surface area contributed by atoms with Gasteiger partial charge in [-0.15, -0.1) is 0 Å². The van der Waals surface area contributed by atoms with Crippen LogP contribution in [0.4, 0.5) is 0 Å². The first kappa shape index (κ1) is 14.1. The van der Waals surface area contributed by atoms with Crippen molar-refractivity contribution in [1.82, 2.24) is 4.90 Å². The molecule has 5 nitrogen and oxygen atoms in total. The lowest BCUT2D eigenvalue weighted by atomic mass is 9.98. The van der Waals surface area contributed by atoms with Gasteiger partial charge < -0.3 is 14.4 Å². The van der Waals surface area contributed by atoms with E-state index in [9.17, 15) is 9.59 Å². The molecule has 5 heteroatoms. The number of benzene rings is 1. The SMILES string of the molecule is COC(=O)c1ccccc1[C@@H]1CC[C@H]2COCCC(=O)N21. The highest BCUT2D eigenvalue weighted by Gasteiger charge is 2.40. The summed E-state index contributed by atoms with van der Waals surface area (Å²) in [5.41, 5.74) is 1.42. The standard InChI is InChI=1S/C16H19NO4/c1-20-16(19)13-5-3-2-4-12(13)14-7-6-11-10-21-9-8-15(18)17(11)14/h2-5,11,14H,6-10H2,1H3/t11-,14-/m0/s1. The number of carbonyl (C=O) groups excluding carboxylic acids is 2. The highest BCUT2D eigenvalue weighted by Crippen LogP contribution is 2.39. The van der Waals surface area contributed by atoms with Gasteiger partial charge in [0.05, 0.1) is 44.4 Å². The molecule has 2 atom stereocenters. The topological polar surface area (TPSA) is 55.8 Å². The van der Waals surface area contributed by atoms with Crippen LogP contribution in [-0.2, 0) is 14.3 Å². The van der Waals surface area contributed by atoms with Crippen LogP contribution in [0.1, 0.15) is 41.2 Å². The van der Waals surface area contributed by atoms with Crippen molar-refractivity contribution in [2.75, 3.05) is 20.3 Å². The Morgan fingerprint density at radius 1 is 1.33 bits per heavy atom. The van der Waals surface area contributed by atoms with Gasteiger partial charge in [-0.1, -0.05) is 18.2 Å². The van der Waals surface area contributed by atoms with E-state index in [2.05, 4.69) is 0 Å². The normalized spacial score (nSPS) is 25.4. The first-order valence-electron chi connectivity index (χ1n) is 7.28. The summed E-state index contributed by atoms with van der Waals surface area (Å²) in [6, 6.07) is 7.45. The molecule has 2 aliphatic rings. The molecule has 1 amide bonds. The van der Waals surface area contributed by atoms with Gasteiger partial charge in [0, 0.05) is 0 Å². The minimum absolute atomic E-state index is 0.0560. The van der Waals surface area contributed by atoms with Crippen molar-refractivity contribution in [2.24, 2.45) is 0 Å². The molecule has 2 fully saturated rings. The number of hydrogen-bond acceptors (Lipinski definition) is 4. The van der Waals surface area contributed by atoms with Gasteiger partial charge in [0.1, 0.15) is 0 Å². The monoisotopic (exact) mass is 289 g/mol. The van der Waals surface area contributed by atoms with Crippen molar-refractivity contribution < 1.29 is 19.1 Å². The van der Waals surface area contributed by atoms with Crippen LogP contribution in [0.15, 0.2) is 24.3 Å². The molecule has 2 saturated heterocycles. The summed E-state index contributed by atoms with van der Waals surface area (Å²) in [5.74, 6) is -0.243. The van der Waals surface area contributed by atoms with E-state index in [1.807, 2.05) is 23.1 Å². The van der Waals surface area contributed by atoms with Gasteiger partial charge in [0.25, 0.3) is 0 Å². The molecule has 0 N–H and O–H groups in total. The van der Waals surface area contributed by atoms with Gasteiger partial charge in [-0.05, 0) is 24.5 Å². The van der Waals surface area contributed by atoms with Crippen LogP contribution in [0.3, 0.4) is 0 Å². The van der Waals surface area contributed by atoms with Crippen LogP contribution in [-0.4, -0.2) is 43.1 Å². The highest BCUT2D eigenvalue weighted by molar-refractivity contribution is 5.91. The number of nitrogens with zero attached hydrogens (tertiary/aromatic N) is 1. The highest BCUT2D eigenvalue weighted by atomic mass is 16.5. The Bertz CT molecular complexity index is 557. The average molecular weight is 289 g/mol. The van der Waals surface area contributed by atoms with Crippen molar-refractivity contribution in [3.8, 4) is 0 Å². The molecule has 3 rings (SSSR count). The molecule has 2 heterocycles. The second kappa shape index (κ2) is 5.85. The lowest BCUT2D eigenvalue weighted by Crippen LogP contribution is -2.38. The summed E-state index contributed by atoms with van der Waals surface area (Å²) < 4.78 is 10.4. The van der Waals surface area contributed by atoms with Gasteiger partial charge >= 0.3 is 5.97 Å². The molecular formula is C16H19NO4. The molecule has 0 unspecified atom stereocenters. The van der Waals surface area contributed by atoms with Crippen LogP contribution < -0.4 is 0 Å². The van der Waals surface area contributed by atoms with Crippen molar-refractivity contribution in [1.29, 1.82) is 0 Å². The minimum atomic E-state index is -0.354. The van der Waals surface area contributed by atoms with E-state index < -0.39 is 0 Å². The maximum absolute atomic E-state index is 12.4. The lowest BCUT2D eigenvalue weighted by Gasteiger charge is -2.29. The zero-order valence-corrected chi connectivity index (χ0v) is 12.1. The number of hydrogen-bond donors (Lipinski definition) is 0. The predicted octanol–water partition coefficient (Wildman–Crippen LogP) is 1.93. The first-order valence-corrected chi connectivity index (χ1v) is 7.28. The summed E-state index contributed by atoms with van der Waals surface area (Å²) in [6.07, 6.45) is 2.17. The number of esters is 1. The van der Waals surface area contributed by atoms with Gasteiger partial charge in [-0.25, -0.2) is 4.79 Å². The second-order valence-corrected chi connectivity index (χ2v) is 5.45. The number of carbonyl (C=O) groups is 2.